The number of nitrogens with zero attached hydrogens (tertiary/aromatic N) is 3. The van der Waals surface area contributed by atoms with E-state index in [2.05, 4.69) is 26.4 Å². The SMILES string of the molecule is Clc1ccc(N2CCCC2)c(NCc2noc(C3CC3)n2)c1. The van der Waals surface area contributed by atoms with Crippen LogP contribution in [0.2, 0.25) is 5.02 Å². The fourth-order valence-corrected chi connectivity index (χ4v) is 3.07. The van der Waals surface area contributed by atoms with Crippen LogP contribution in [0, 0.1) is 0 Å². The highest BCUT2D eigenvalue weighted by Gasteiger charge is 2.29. The Morgan fingerprint density at radius 2 is 2.09 bits per heavy atom. The van der Waals surface area contributed by atoms with E-state index in [1.165, 1.54) is 31.4 Å². The topological polar surface area (TPSA) is 54.2 Å². The molecule has 0 radical (unpaired) electrons. The molecule has 1 aromatic heterocycles. The predicted molar refractivity (Wildman–Crippen MR) is 86.5 cm³/mol. The minimum absolute atomic E-state index is 0.493. The second-order valence-electron chi connectivity index (χ2n) is 6.03. The summed E-state index contributed by atoms with van der Waals surface area (Å²) >= 11 is 6.15. The Bertz CT molecular complexity index is 662. The van der Waals surface area contributed by atoms with E-state index in [1.54, 1.807) is 0 Å². The van der Waals surface area contributed by atoms with Gasteiger partial charge in [0.2, 0.25) is 5.89 Å². The zero-order valence-electron chi connectivity index (χ0n) is 12.4. The number of rotatable bonds is 5. The maximum atomic E-state index is 6.15. The van der Waals surface area contributed by atoms with Gasteiger partial charge in [-0.1, -0.05) is 16.8 Å². The maximum Gasteiger partial charge on any atom is 0.229 e. The van der Waals surface area contributed by atoms with Crippen LogP contribution in [-0.4, -0.2) is 23.2 Å². The maximum absolute atomic E-state index is 6.15. The second-order valence-corrected chi connectivity index (χ2v) is 6.47. The largest absolute Gasteiger partial charge is 0.376 e. The van der Waals surface area contributed by atoms with Gasteiger partial charge in [0, 0.05) is 24.0 Å². The summed E-state index contributed by atoms with van der Waals surface area (Å²) in [7, 11) is 0. The molecule has 1 saturated heterocycles. The summed E-state index contributed by atoms with van der Waals surface area (Å²) in [6, 6.07) is 6.00. The van der Waals surface area contributed by atoms with Gasteiger partial charge in [0.05, 0.1) is 17.9 Å². The van der Waals surface area contributed by atoms with E-state index in [4.69, 9.17) is 16.1 Å². The van der Waals surface area contributed by atoms with Crippen LogP contribution in [-0.2, 0) is 6.54 Å². The van der Waals surface area contributed by atoms with Gasteiger partial charge in [-0.2, -0.15) is 4.98 Å². The molecule has 1 aromatic carbocycles. The van der Waals surface area contributed by atoms with Crippen LogP contribution in [0.4, 0.5) is 11.4 Å². The molecule has 22 heavy (non-hydrogen) atoms. The molecular formula is C16H19ClN4O. The average molecular weight is 319 g/mol. The smallest absolute Gasteiger partial charge is 0.229 e. The fourth-order valence-electron chi connectivity index (χ4n) is 2.89. The monoisotopic (exact) mass is 318 g/mol. The van der Waals surface area contributed by atoms with E-state index in [0.717, 1.165) is 29.7 Å². The molecule has 0 unspecified atom stereocenters. The standard InChI is InChI=1S/C16H19ClN4O/c17-12-5-6-14(21-7-1-2-8-21)13(9-12)18-10-15-19-16(22-20-15)11-3-4-11/h5-6,9,11,18H,1-4,7-8,10H2. The lowest BCUT2D eigenvalue weighted by Gasteiger charge is -2.22. The van der Waals surface area contributed by atoms with Gasteiger partial charge in [-0.3, -0.25) is 0 Å². The zero-order valence-corrected chi connectivity index (χ0v) is 13.1. The van der Waals surface area contributed by atoms with E-state index in [9.17, 15) is 0 Å². The van der Waals surface area contributed by atoms with Gasteiger partial charge in [-0.15, -0.1) is 0 Å². The summed E-state index contributed by atoms with van der Waals surface area (Å²) < 4.78 is 5.29. The van der Waals surface area contributed by atoms with Crippen LogP contribution in [0.5, 0.6) is 0 Å². The van der Waals surface area contributed by atoms with E-state index >= 15 is 0 Å². The van der Waals surface area contributed by atoms with Crippen molar-refractivity contribution in [1.82, 2.24) is 10.1 Å². The van der Waals surface area contributed by atoms with Crippen LogP contribution in [0.15, 0.2) is 22.7 Å². The fraction of sp³-hybridized carbons (Fsp3) is 0.500. The molecule has 0 amide bonds. The third kappa shape index (κ3) is 2.90. The van der Waals surface area contributed by atoms with E-state index in [-0.39, 0.29) is 0 Å². The van der Waals surface area contributed by atoms with E-state index < -0.39 is 0 Å². The van der Waals surface area contributed by atoms with Gasteiger partial charge in [0.15, 0.2) is 5.82 Å². The molecule has 116 valence electrons. The molecule has 2 aliphatic rings. The van der Waals surface area contributed by atoms with Crippen LogP contribution < -0.4 is 10.2 Å². The first-order valence-electron chi connectivity index (χ1n) is 7.90. The Morgan fingerprint density at radius 1 is 1.27 bits per heavy atom. The van der Waals surface area contributed by atoms with Crippen molar-refractivity contribution >= 4 is 23.0 Å². The Balaban J connectivity index is 1.49. The molecule has 1 aliphatic heterocycles. The summed E-state index contributed by atoms with van der Waals surface area (Å²) in [4.78, 5) is 6.84. The van der Waals surface area contributed by atoms with Gasteiger partial charge in [-0.05, 0) is 43.9 Å². The summed E-state index contributed by atoms with van der Waals surface area (Å²) in [5.74, 6) is 1.98. The Hall–Kier alpha value is -1.75. The molecular weight excluding hydrogens is 300 g/mol. The number of hydrogen-bond donors (Lipinski definition) is 1. The number of halogens is 1. The molecule has 2 aromatic rings. The first kappa shape index (κ1) is 13.9. The summed E-state index contributed by atoms with van der Waals surface area (Å²) in [5.41, 5.74) is 2.24. The third-order valence-electron chi connectivity index (χ3n) is 4.25. The highest BCUT2D eigenvalue weighted by Crippen LogP contribution is 2.39. The Morgan fingerprint density at radius 3 is 2.86 bits per heavy atom. The van der Waals surface area contributed by atoms with E-state index in [1.807, 2.05) is 12.1 Å². The number of benzene rings is 1. The Kier molecular flexibility index (Phi) is 3.66. The normalized spacial score (nSPS) is 18.0. The first-order chi connectivity index (χ1) is 10.8. The van der Waals surface area contributed by atoms with Crippen molar-refractivity contribution in [2.45, 2.75) is 38.1 Å². The third-order valence-corrected chi connectivity index (χ3v) is 4.49. The van der Waals surface area contributed by atoms with Crippen molar-refractivity contribution in [3.63, 3.8) is 0 Å². The molecule has 1 aliphatic carbocycles. The molecule has 1 saturated carbocycles. The van der Waals surface area contributed by atoms with Crippen LogP contribution in [0.1, 0.15) is 43.3 Å². The summed E-state index contributed by atoms with van der Waals surface area (Å²) in [6.07, 6.45) is 4.83. The molecule has 0 bridgehead atoms. The minimum atomic E-state index is 0.493. The van der Waals surface area contributed by atoms with Crippen LogP contribution in [0.25, 0.3) is 0 Å². The minimum Gasteiger partial charge on any atom is -0.376 e. The van der Waals surface area contributed by atoms with Gasteiger partial charge < -0.3 is 14.7 Å². The molecule has 5 nitrogen and oxygen atoms in total. The Labute approximate surface area is 134 Å². The predicted octanol–water partition coefficient (Wildman–Crippen LogP) is 3.81. The molecule has 4 rings (SSSR count). The summed E-state index contributed by atoms with van der Waals surface area (Å²) in [6.45, 7) is 2.76. The van der Waals surface area contributed by atoms with Crippen molar-refractivity contribution in [2.75, 3.05) is 23.3 Å². The number of anilines is 2. The average Bonchev–Trinajstić information content (AvgIpc) is 3.03. The molecule has 0 spiro atoms. The molecule has 0 atom stereocenters. The van der Waals surface area contributed by atoms with Crippen molar-refractivity contribution in [1.29, 1.82) is 0 Å². The second kappa shape index (κ2) is 5.80. The first-order valence-corrected chi connectivity index (χ1v) is 8.28. The number of hydrogen-bond acceptors (Lipinski definition) is 5. The lowest BCUT2D eigenvalue weighted by molar-refractivity contribution is 0.374. The molecule has 6 heteroatoms. The quantitative estimate of drug-likeness (QED) is 0.908. The van der Waals surface area contributed by atoms with Crippen LogP contribution >= 0.6 is 11.6 Å². The lowest BCUT2D eigenvalue weighted by atomic mass is 10.2. The highest BCUT2D eigenvalue weighted by atomic mass is 35.5. The van der Waals surface area contributed by atoms with Crippen molar-refractivity contribution < 1.29 is 4.52 Å². The van der Waals surface area contributed by atoms with Gasteiger partial charge in [-0.25, -0.2) is 0 Å². The van der Waals surface area contributed by atoms with Gasteiger partial charge >= 0.3 is 0 Å². The van der Waals surface area contributed by atoms with Crippen molar-refractivity contribution in [3.05, 3.63) is 34.9 Å². The number of nitrogens with one attached hydrogen (secondary N) is 1. The number of aromatic nitrogens is 2. The van der Waals surface area contributed by atoms with Crippen molar-refractivity contribution in [3.8, 4) is 0 Å². The van der Waals surface area contributed by atoms with Gasteiger partial charge in [0.1, 0.15) is 0 Å². The molecule has 1 N–H and O–H groups in total. The molecule has 2 heterocycles. The zero-order chi connectivity index (χ0) is 14.9. The van der Waals surface area contributed by atoms with Gasteiger partial charge in [0.25, 0.3) is 0 Å². The van der Waals surface area contributed by atoms with Crippen molar-refractivity contribution in [2.24, 2.45) is 0 Å². The molecule has 2 fully saturated rings. The lowest BCUT2D eigenvalue weighted by Crippen LogP contribution is -2.19. The van der Waals surface area contributed by atoms with E-state index in [0.29, 0.717) is 18.3 Å². The highest BCUT2D eigenvalue weighted by molar-refractivity contribution is 6.31. The summed E-state index contributed by atoms with van der Waals surface area (Å²) in [5, 5.41) is 8.19. The van der Waals surface area contributed by atoms with Crippen LogP contribution in [0.3, 0.4) is 0 Å².